The summed E-state index contributed by atoms with van der Waals surface area (Å²) in [5.74, 6) is 1.19. The number of anilines is 1. The normalized spacial score (nSPS) is 19.2. The SMILES string of the molecule is Cc1cc(NC(=O)C2CCN(C(=O)C3(c4ccccc4)CC3)CC2)no1. The summed E-state index contributed by atoms with van der Waals surface area (Å²) in [6.07, 6.45) is 3.20. The highest BCUT2D eigenvalue weighted by molar-refractivity contribution is 5.93. The summed E-state index contributed by atoms with van der Waals surface area (Å²) in [5, 5.41) is 6.59. The number of aryl methyl sites for hydroxylation is 1. The Balaban J connectivity index is 1.35. The van der Waals surface area contributed by atoms with Gasteiger partial charge in [0.15, 0.2) is 5.82 Å². The molecule has 6 heteroatoms. The predicted molar refractivity (Wildman–Crippen MR) is 96.5 cm³/mol. The third kappa shape index (κ3) is 3.11. The van der Waals surface area contributed by atoms with E-state index in [1.165, 1.54) is 0 Å². The van der Waals surface area contributed by atoms with Crippen LogP contribution in [0.5, 0.6) is 0 Å². The van der Waals surface area contributed by atoms with Gasteiger partial charge < -0.3 is 14.7 Å². The number of likely N-dealkylation sites (tertiary alicyclic amines) is 1. The molecule has 0 spiro atoms. The van der Waals surface area contributed by atoms with Gasteiger partial charge in [-0.05, 0) is 38.2 Å². The van der Waals surface area contributed by atoms with Crippen LogP contribution in [0, 0.1) is 12.8 Å². The molecule has 2 aliphatic rings. The number of nitrogens with one attached hydrogen (secondary N) is 1. The molecule has 1 N–H and O–H groups in total. The lowest BCUT2D eigenvalue weighted by Crippen LogP contribution is -2.45. The maximum absolute atomic E-state index is 13.1. The highest BCUT2D eigenvalue weighted by atomic mass is 16.5. The Morgan fingerprint density at radius 1 is 1.19 bits per heavy atom. The van der Waals surface area contributed by atoms with Crippen LogP contribution in [0.2, 0.25) is 0 Å². The summed E-state index contributed by atoms with van der Waals surface area (Å²) < 4.78 is 4.97. The van der Waals surface area contributed by atoms with E-state index >= 15 is 0 Å². The summed E-state index contributed by atoms with van der Waals surface area (Å²) in [6.45, 7) is 3.04. The van der Waals surface area contributed by atoms with E-state index in [0.717, 1.165) is 18.4 Å². The van der Waals surface area contributed by atoms with E-state index < -0.39 is 0 Å². The molecule has 0 atom stereocenters. The van der Waals surface area contributed by atoms with Gasteiger partial charge in [-0.1, -0.05) is 35.5 Å². The Hall–Kier alpha value is -2.63. The van der Waals surface area contributed by atoms with Gasteiger partial charge in [-0.3, -0.25) is 9.59 Å². The van der Waals surface area contributed by atoms with Crippen molar-refractivity contribution < 1.29 is 14.1 Å². The minimum atomic E-state index is -0.325. The number of piperidine rings is 1. The van der Waals surface area contributed by atoms with Crippen LogP contribution in [0.25, 0.3) is 0 Å². The van der Waals surface area contributed by atoms with E-state index in [1.807, 2.05) is 35.2 Å². The minimum Gasteiger partial charge on any atom is -0.360 e. The van der Waals surface area contributed by atoms with Gasteiger partial charge >= 0.3 is 0 Å². The van der Waals surface area contributed by atoms with Crippen LogP contribution in [0.15, 0.2) is 40.9 Å². The molecule has 4 rings (SSSR count). The van der Waals surface area contributed by atoms with Gasteiger partial charge in [0.25, 0.3) is 0 Å². The number of amides is 2. The van der Waals surface area contributed by atoms with Crippen molar-refractivity contribution in [2.24, 2.45) is 5.92 Å². The Morgan fingerprint density at radius 2 is 1.88 bits per heavy atom. The number of benzene rings is 1. The summed E-state index contributed by atoms with van der Waals surface area (Å²) in [6, 6.07) is 11.8. The molecule has 1 aliphatic carbocycles. The van der Waals surface area contributed by atoms with Gasteiger partial charge in [0, 0.05) is 25.1 Å². The lowest BCUT2D eigenvalue weighted by atomic mass is 9.91. The molecule has 26 heavy (non-hydrogen) atoms. The number of carbonyl (C=O) groups excluding carboxylic acids is 2. The molecule has 1 aromatic carbocycles. The molecule has 0 radical (unpaired) electrons. The number of rotatable bonds is 4. The first-order chi connectivity index (χ1) is 12.6. The molecular formula is C20H23N3O3. The lowest BCUT2D eigenvalue weighted by Gasteiger charge is -2.34. The third-order valence-electron chi connectivity index (χ3n) is 5.52. The van der Waals surface area contributed by atoms with Crippen molar-refractivity contribution in [1.29, 1.82) is 0 Å². The molecule has 0 bridgehead atoms. The highest BCUT2D eigenvalue weighted by Gasteiger charge is 2.53. The van der Waals surface area contributed by atoms with Gasteiger partial charge in [0.2, 0.25) is 11.8 Å². The van der Waals surface area contributed by atoms with E-state index in [0.29, 0.717) is 37.5 Å². The first-order valence-corrected chi connectivity index (χ1v) is 9.17. The Morgan fingerprint density at radius 3 is 2.46 bits per heavy atom. The summed E-state index contributed by atoms with van der Waals surface area (Å²) >= 11 is 0. The van der Waals surface area contributed by atoms with Gasteiger partial charge in [-0.2, -0.15) is 0 Å². The maximum atomic E-state index is 13.1. The number of nitrogens with zero attached hydrogens (tertiary/aromatic N) is 2. The average Bonchev–Trinajstić information content (AvgIpc) is 3.39. The van der Waals surface area contributed by atoms with Crippen molar-refractivity contribution in [2.75, 3.05) is 18.4 Å². The molecule has 1 aromatic heterocycles. The first kappa shape index (κ1) is 16.8. The van der Waals surface area contributed by atoms with E-state index in [-0.39, 0.29) is 23.1 Å². The fourth-order valence-corrected chi connectivity index (χ4v) is 3.81. The molecule has 1 saturated heterocycles. The zero-order valence-electron chi connectivity index (χ0n) is 14.9. The summed E-state index contributed by atoms with van der Waals surface area (Å²) in [4.78, 5) is 27.4. The fourth-order valence-electron chi connectivity index (χ4n) is 3.81. The topological polar surface area (TPSA) is 75.4 Å². The van der Waals surface area contributed by atoms with Gasteiger partial charge in [0.1, 0.15) is 5.76 Å². The van der Waals surface area contributed by atoms with Crippen LogP contribution in [0.1, 0.15) is 37.0 Å². The number of hydrogen-bond donors (Lipinski definition) is 1. The van der Waals surface area contributed by atoms with Crippen LogP contribution in [-0.2, 0) is 15.0 Å². The smallest absolute Gasteiger partial charge is 0.233 e. The second-order valence-electron chi connectivity index (χ2n) is 7.33. The summed E-state index contributed by atoms with van der Waals surface area (Å²) in [7, 11) is 0. The Bertz CT molecular complexity index is 803. The molecule has 2 amide bonds. The zero-order chi connectivity index (χ0) is 18.1. The molecule has 6 nitrogen and oxygen atoms in total. The van der Waals surface area contributed by atoms with Gasteiger partial charge in [-0.25, -0.2) is 0 Å². The summed E-state index contributed by atoms with van der Waals surface area (Å²) in [5.41, 5.74) is 0.792. The third-order valence-corrected chi connectivity index (χ3v) is 5.52. The number of aromatic nitrogens is 1. The first-order valence-electron chi connectivity index (χ1n) is 9.17. The van der Waals surface area contributed by atoms with Crippen LogP contribution in [0.4, 0.5) is 5.82 Å². The molecule has 1 aliphatic heterocycles. The molecule has 136 valence electrons. The maximum Gasteiger partial charge on any atom is 0.233 e. The molecule has 2 aromatic rings. The highest BCUT2D eigenvalue weighted by Crippen LogP contribution is 2.49. The number of hydrogen-bond acceptors (Lipinski definition) is 4. The van der Waals surface area contributed by atoms with Gasteiger partial charge in [-0.15, -0.1) is 0 Å². The Labute approximate surface area is 152 Å². The molecule has 2 heterocycles. The van der Waals surface area contributed by atoms with Crippen LogP contribution in [0.3, 0.4) is 0 Å². The van der Waals surface area contributed by atoms with Crippen LogP contribution < -0.4 is 5.32 Å². The minimum absolute atomic E-state index is 0.0467. The Kier molecular flexibility index (Phi) is 4.26. The second-order valence-corrected chi connectivity index (χ2v) is 7.33. The van der Waals surface area contributed by atoms with Crippen molar-refractivity contribution in [1.82, 2.24) is 10.1 Å². The van der Waals surface area contributed by atoms with Crippen molar-refractivity contribution in [3.63, 3.8) is 0 Å². The average molecular weight is 353 g/mol. The standard InChI is InChI=1S/C20H23N3O3/c1-14-13-17(22-26-14)21-18(24)15-7-11-23(12-8-15)19(25)20(9-10-20)16-5-3-2-4-6-16/h2-6,13,15H,7-12H2,1H3,(H,21,22,24). The van der Waals surface area contributed by atoms with Crippen LogP contribution >= 0.6 is 0 Å². The van der Waals surface area contributed by atoms with E-state index in [9.17, 15) is 9.59 Å². The predicted octanol–water partition coefficient (Wildman–Crippen LogP) is 2.89. The molecule has 0 unspecified atom stereocenters. The number of carbonyl (C=O) groups is 2. The monoisotopic (exact) mass is 353 g/mol. The van der Waals surface area contributed by atoms with Crippen molar-refractivity contribution in [3.05, 3.63) is 47.7 Å². The molecular weight excluding hydrogens is 330 g/mol. The van der Waals surface area contributed by atoms with E-state index in [4.69, 9.17) is 4.52 Å². The van der Waals surface area contributed by atoms with Crippen molar-refractivity contribution >= 4 is 17.6 Å². The molecule has 2 fully saturated rings. The molecule has 1 saturated carbocycles. The van der Waals surface area contributed by atoms with E-state index in [2.05, 4.69) is 10.5 Å². The fraction of sp³-hybridized carbons (Fsp3) is 0.450. The van der Waals surface area contributed by atoms with Crippen molar-refractivity contribution in [2.45, 2.75) is 38.0 Å². The van der Waals surface area contributed by atoms with Crippen molar-refractivity contribution in [3.8, 4) is 0 Å². The largest absolute Gasteiger partial charge is 0.360 e. The second kappa shape index (κ2) is 6.59. The quantitative estimate of drug-likeness (QED) is 0.917. The lowest BCUT2D eigenvalue weighted by molar-refractivity contribution is -0.137. The van der Waals surface area contributed by atoms with Crippen LogP contribution in [-0.4, -0.2) is 35.0 Å². The van der Waals surface area contributed by atoms with Gasteiger partial charge in [0.05, 0.1) is 5.41 Å². The zero-order valence-corrected chi connectivity index (χ0v) is 14.9. The van der Waals surface area contributed by atoms with E-state index in [1.54, 1.807) is 13.0 Å².